The van der Waals surface area contributed by atoms with Crippen molar-refractivity contribution in [3.8, 4) is 0 Å². The Bertz CT molecular complexity index is 201. The molecule has 0 radical (unpaired) electrons. The van der Waals surface area contributed by atoms with E-state index in [1.807, 2.05) is 19.9 Å². The van der Waals surface area contributed by atoms with Crippen molar-refractivity contribution in [3.63, 3.8) is 0 Å². The molecule has 1 unspecified atom stereocenters. The van der Waals surface area contributed by atoms with Gasteiger partial charge in [-0.15, -0.1) is 0 Å². The number of rotatable bonds is 0. The summed E-state index contributed by atoms with van der Waals surface area (Å²) in [6.45, 7) is 3.86. The Morgan fingerprint density at radius 1 is 1.60 bits per heavy atom. The van der Waals surface area contributed by atoms with Crippen LogP contribution in [0.2, 0.25) is 0 Å². The van der Waals surface area contributed by atoms with Crippen molar-refractivity contribution < 1.29 is 0 Å². The molecule has 10 heavy (non-hydrogen) atoms. The van der Waals surface area contributed by atoms with Crippen LogP contribution in [0.25, 0.3) is 0 Å². The van der Waals surface area contributed by atoms with Crippen LogP contribution in [0.15, 0.2) is 23.5 Å². The fraction of sp³-hybridized carbons (Fsp3) is 0.429. The molecular weight excluding hydrogens is 126 g/mol. The molecule has 0 amide bonds. The Hall–Kier alpha value is -0.960. The Balaban J connectivity index is 2.88. The van der Waals surface area contributed by atoms with Crippen molar-refractivity contribution in [2.45, 2.75) is 19.5 Å². The first-order valence-corrected chi connectivity index (χ1v) is 3.23. The van der Waals surface area contributed by atoms with Gasteiger partial charge >= 0.3 is 0 Å². The van der Waals surface area contributed by atoms with Crippen molar-refractivity contribution in [1.29, 1.82) is 0 Å². The van der Waals surface area contributed by atoms with Gasteiger partial charge in [-0.2, -0.15) is 0 Å². The fourth-order valence-electron chi connectivity index (χ4n) is 0.789. The van der Waals surface area contributed by atoms with Gasteiger partial charge in [0.15, 0.2) is 0 Å². The standard InChI is InChI=1S/C7H13N3/c1-5-3-6(8)4-10-7(5,2)9/h3-4,10H,8-9H2,1-2H3. The molecule has 1 atom stereocenters. The highest BCUT2D eigenvalue weighted by atomic mass is 15.1. The van der Waals surface area contributed by atoms with E-state index in [9.17, 15) is 0 Å². The first-order valence-electron chi connectivity index (χ1n) is 3.23. The van der Waals surface area contributed by atoms with Gasteiger partial charge < -0.3 is 16.8 Å². The topological polar surface area (TPSA) is 64.1 Å². The van der Waals surface area contributed by atoms with E-state index in [0.717, 1.165) is 11.3 Å². The Morgan fingerprint density at radius 2 is 2.20 bits per heavy atom. The normalized spacial score (nSPS) is 32.3. The van der Waals surface area contributed by atoms with Gasteiger partial charge in [-0.1, -0.05) is 0 Å². The minimum atomic E-state index is -0.428. The van der Waals surface area contributed by atoms with Crippen molar-refractivity contribution in [1.82, 2.24) is 5.32 Å². The second kappa shape index (κ2) is 2.02. The molecule has 0 saturated heterocycles. The highest BCUT2D eigenvalue weighted by Gasteiger charge is 2.20. The molecule has 0 aliphatic carbocycles. The number of nitrogens with one attached hydrogen (secondary N) is 1. The van der Waals surface area contributed by atoms with Crippen LogP contribution < -0.4 is 16.8 Å². The minimum Gasteiger partial charge on any atom is -0.398 e. The molecule has 0 saturated carbocycles. The zero-order chi connectivity index (χ0) is 7.78. The summed E-state index contributed by atoms with van der Waals surface area (Å²) in [4.78, 5) is 0. The van der Waals surface area contributed by atoms with Gasteiger partial charge in [-0.05, 0) is 25.5 Å². The molecule has 0 fully saturated rings. The molecule has 1 aliphatic rings. The quantitative estimate of drug-likeness (QED) is 0.443. The summed E-state index contributed by atoms with van der Waals surface area (Å²) in [6, 6.07) is 0. The first-order chi connectivity index (χ1) is 4.52. The van der Waals surface area contributed by atoms with E-state index in [0.29, 0.717) is 0 Å². The maximum atomic E-state index is 5.80. The summed E-state index contributed by atoms with van der Waals surface area (Å²) >= 11 is 0. The van der Waals surface area contributed by atoms with E-state index in [1.54, 1.807) is 6.20 Å². The molecule has 5 N–H and O–H groups in total. The minimum absolute atomic E-state index is 0.428. The van der Waals surface area contributed by atoms with E-state index in [1.165, 1.54) is 0 Å². The second-order valence-corrected chi connectivity index (χ2v) is 2.82. The lowest BCUT2D eigenvalue weighted by Gasteiger charge is -2.29. The molecule has 3 nitrogen and oxygen atoms in total. The van der Waals surface area contributed by atoms with E-state index >= 15 is 0 Å². The first kappa shape index (κ1) is 7.15. The van der Waals surface area contributed by atoms with Gasteiger partial charge in [-0.25, -0.2) is 0 Å². The lowest BCUT2D eigenvalue weighted by molar-refractivity contribution is 0.482. The third-order valence-corrected chi connectivity index (χ3v) is 1.74. The molecule has 1 aliphatic heterocycles. The average molecular weight is 139 g/mol. The van der Waals surface area contributed by atoms with Crippen molar-refractivity contribution >= 4 is 0 Å². The van der Waals surface area contributed by atoms with Crippen LogP contribution in [0.3, 0.4) is 0 Å². The molecule has 1 heterocycles. The summed E-state index contributed by atoms with van der Waals surface area (Å²) in [6.07, 6.45) is 3.59. The summed E-state index contributed by atoms with van der Waals surface area (Å²) in [5.41, 5.74) is 12.7. The predicted octanol–water partition coefficient (Wildman–Crippen LogP) is 0.0109. The van der Waals surface area contributed by atoms with Crippen molar-refractivity contribution in [3.05, 3.63) is 23.5 Å². The Morgan fingerprint density at radius 3 is 2.60 bits per heavy atom. The number of allylic oxidation sites excluding steroid dienone is 1. The molecule has 1 rings (SSSR count). The van der Waals surface area contributed by atoms with E-state index < -0.39 is 5.66 Å². The van der Waals surface area contributed by atoms with E-state index in [-0.39, 0.29) is 0 Å². The number of dihydropyridines is 1. The lowest BCUT2D eigenvalue weighted by atomic mass is 10.0. The maximum absolute atomic E-state index is 5.80. The molecule has 0 spiro atoms. The van der Waals surface area contributed by atoms with Crippen molar-refractivity contribution in [2.75, 3.05) is 0 Å². The third kappa shape index (κ3) is 1.14. The SMILES string of the molecule is CC1=CC(N)=CNC1(C)N. The van der Waals surface area contributed by atoms with Crippen LogP contribution in [0.1, 0.15) is 13.8 Å². The monoisotopic (exact) mass is 139 g/mol. The van der Waals surface area contributed by atoms with Crippen LogP contribution in [-0.2, 0) is 0 Å². The fourth-order valence-corrected chi connectivity index (χ4v) is 0.789. The summed E-state index contributed by atoms with van der Waals surface area (Å²) in [7, 11) is 0. The zero-order valence-corrected chi connectivity index (χ0v) is 6.31. The van der Waals surface area contributed by atoms with Crippen LogP contribution in [0.4, 0.5) is 0 Å². The molecular formula is C7H13N3. The van der Waals surface area contributed by atoms with E-state index in [2.05, 4.69) is 5.32 Å². The van der Waals surface area contributed by atoms with Crippen LogP contribution >= 0.6 is 0 Å². The molecule has 3 heteroatoms. The Labute approximate surface area is 60.8 Å². The highest BCUT2D eigenvalue weighted by Crippen LogP contribution is 2.14. The highest BCUT2D eigenvalue weighted by molar-refractivity contribution is 5.30. The van der Waals surface area contributed by atoms with Gasteiger partial charge in [-0.3, -0.25) is 0 Å². The smallest absolute Gasteiger partial charge is 0.105 e. The van der Waals surface area contributed by atoms with Crippen LogP contribution in [-0.4, -0.2) is 5.66 Å². The summed E-state index contributed by atoms with van der Waals surface area (Å²) in [5, 5.41) is 2.98. The molecule has 0 bridgehead atoms. The maximum Gasteiger partial charge on any atom is 0.105 e. The van der Waals surface area contributed by atoms with Gasteiger partial charge in [0, 0.05) is 11.9 Å². The lowest BCUT2D eigenvalue weighted by Crippen LogP contribution is -2.51. The number of nitrogens with two attached hydrogens (primary N) is 2. The predicted molar refractivity (Wildman–Crippen MR) is 41.8 cm³/mol. The van der Waals surface area contributed by atoms with Gasteiger partial charge in [0.2, 0.25) is 0 Å². The van der Waals surface area contributed by atoms with Gasteiger partial charge in [0.05, 0.1) is 0 Å². The van der Waals surface area contributed by atoms with Crippen molar-refractivity contribution in [2.24, 2.45) is 11.5 Å². The third-order valence-electron chi connectivity index (χ3n) is 1.74. The number of hydrogen-bond donors (Lipinski definition) is 3. The summed E-state index contributed by atoms with van der Waals surface area (Å²) < 4.78 is 0. The van der Waals surface area contributed by atoms with Gasteiger partial charge in [0.25, 0.3) is 0 Å². The molecule has 56 valence electrons. The average Bonchev–Trinajstić information content (AvgIpc) is 1.81. The molecule has 0 aromatic heterocycles. The molecule has 0 aromatic rings. The van der Waals surface area contributed by atoms with Gasteiger partial charge in [0.1, 0.15) is 5.66 Å². The largest absolute Gasteiger partial charge is 0.398 e. The second-order valence-electron chi connectivity index (χ2n) is 2.82. The Kier molecular flexibility index (Phi) is 1.45. The number of hydrogen-bond acceptors (Lipinski definition) is 3. The zero-order valence-electron chi connectivity index (χ0n) is 6.31. The van der Waals surface area contributed by atoms with E-state index in [4.69, 9.17) is 11.5 Å². The van der Waals surface area contributed by atoms with Crippen LogP contribution in [0.5, 0.6) is 0 Å². The molecule has 0 aromatic carbocycles. The van der Waals surface area contributed by atoms with Crippen LogP contribution in [0, 0.1) is 0 Å². The summed E-state index contributed by atoms with van der Waals surface area (Å²) in [5.74, 6) is 0.